The third kappa shape index (κ3) is 7.82. The molecule has 3 aromatic carbocycles. The van der Waals surface area contributed by atoms with Gasteiger partial charge in [-0.2, -0.15) is 0 Å². The molecule has 0 aliphatic carbocycles. The van der Waals surface area contributed by atoms with Gasteiger partial charge < -0.3 is 13.9 Å². The minimum Gasteiger partial charge on any atom is -0.512 e. The molecule has 6 heteroatoms. The number of carbonyl (C=O) groups is 1. The number of aliphatic hydroxyl groups excluding tert-OH is 1. The van der Waals surface area contributed by atoms with Gasteiger partial charge in [0.1, 0.15) is 22.7 Å². The Hall–Kier alpha value is -3.99. The molecule has 0 fully saturated rings. The molecule has 0 aliphatic rings. The first-order valence-electron chi connectivity index (χ1n) is 17.5. The average Bonchev–Trinajstić information content (AvgIpc) is 3.77. The van der Waals surface area contributed by atoms with E-state index in [0.717, 1.165) is 75.6 Å². The molecule has 0 atom stereocenters. The number of allylic oxidation sites excluding steroid dienone is 2. The van der Waals surface area contributed by atoms with Gasteiger partial charge in [0.15, 0.2) is 5.78 Å². The monoisotopic (exact) mass is 849 g/mol. The van der Waals surface area contributed by atoms with E-state index >= 15 is 0 Å². The number of carbonyl (C=O) groups excluding carboxylic acids is 1. The molecule has 5 nitrogen and oxygen atoms in total. The number of aliphatic hydroxyl groups is 1. The third-order valence-electron chi connectivity index (χ3n) is 10.6. The summed E-state index contributed by atoms with van der Waals surface area (Å²) < 4.78 is 11.7. The Balaban J connectivity index is 0.000000269. The zero-order valence-electron chi connectivity index (χ0n) is 30.9. The van der Waals surface area contributed by atoms with Crippen LogP contribution >= 0.6 is 0 Å². The summed E-state index contributed by atoms with van der Waals surface area (Å²) in [5.74, 6) is 1.10. The number of furan rings is 2. The molecule has 0 aliphatic heterocycles. The van der Waals surface area contributed by atoms with Gasteiger partial charge in [-0.15, -0.1) is 29.1 Å². The second-order valence-corrected chi connectivity index (χ2v) is 14.7. The van der Waals surface area contributed by atoms with Crippen LogP contribution in [-0.4, -0.2) is 15.9 Å². The van der Waals surface area contributed by atoms with Crippen molar-refractivity contribution < 1.29 is 38.8 Å². The molecule has 1 radical (unpaired) electrons. The van der Waals surface area contributed by atoms with E-state index in [1.807, 2.05) is 72.0 Å². The largest absolute Gasteiger partial charge is 0.512 e. The summed E-state index contributed by atoms with van der Waals surface area (Å²) in [4.78, 5) is 16.9. The molecule has 3 heterocycles. The quantitative estimate of drug-likeness (QED) is 0.0891. The first-order valence-corrected chi connectivity index (χ1v) is 17.5. The minimum absolute atomic E-state index is 0. The summed E-state index contributed by atoms with van der Waals surface area (Å²) in [6.07, 6.45) is 8.27. The zero-order chi connectivity index (χ0) is 35.6. The van der Waals surface area contributed by atoms with Crippen molar-refractivity contribution in [2.75, 3.05) is 0 Å². The Morgan fingerprint density at radius 1 is 0.820 bits per heavy atom. The number of benzene rings is 3. The molecule has 6 aromatic rings. The van der Waals surface area contributed by atoms with E-state index in [0.29, 0.717) is 0 Å². The van der Waals surface area contributed by atoms with Gasteiger partial charge in [0.2, 0.25) is 0 Å². The molecular weight excluding hydrogens is 799 g/mol. The molecule has 0 spiro atoms. The number of hydrogen-bond acceptors (Lipinski definition) is 5. The summed E-state index contributed by atoms with van der Waals surface area (Å²) in [5, 5.41) is 14.5. The van der Waals surface area contributed by atoms with Crippen molar-refractivity contribution in [3.63, 3.8) is 0 Å². The first-order chi connectivity index (χ1) is 23.3. The number of ketones is 1. The second kappa shape index (κ2) is 15.5. The third-order valence-corrected chi connectivity index (χ3v) is 10.6. The predicted molar refractivity (Wildman–Crippen MR) is 203 cm³/mol. The second-order valence-electron chi connectivity index (χ2n) is 14.7. The Morgan fingerprint density at radius 2 is 1.50 bits per heavy atom. The summed E-state index contributed by atoms with van der Waals surface area (Å²) in [6.45, 7) is 18.8. The van der Waals surface area contributed by atoms with Crippen LogP contribution in [0.25, 0.3) is 55.3 Å². The summed E-state index contributed by atoms with van der Waals surface area (Å²) in [7, 11) is 0. The molecule has 3 aromatic heterocycles. The van der Waals surface area contributed by atoms with Gasteiger partial charge in [0.25, 0.3) is 0 Å². The van der Waals surface area contributed by atoms with Gasteiger partial charge in [-0.1, -0.05) is 91.5 Å². The molecule has 50 heavy (non-hydrogen) atoms. The van der Waals surface area contributed by atoms with Crippen LogP contribution in [0.4, 0.5) is 0 Å². The Labute approximate surface area is 310 Å². The van der Waals surface area contributed by atoms with Crippen molar-refractivity contribution in [1.29, 1.82) is 0 Å². The van der Waals surface area contributed by atoms with Gasteiger partial charge in [-0.25, -0.2) is 0 Å². The average molecular weight is 849 g/mol. The number of fused-ring (bicyclic) bond motifs is 3. The van der Waals surface area contributed by atoms with E-state index in [1.54, 1.807) is 6.26 Å². The zero-order valence-corrected chi connectivity index (χ0v) is 33.3. The van der Waals surface area contributed by atoms with E-state index < -0.39 is 0 Å². The summed E-state index contributed by atoms with van der Waals surface area (Å²) in [5.41, 5.74) is 5.25. The van der Waals surface area contributed by atoms with Crippen LogP contribution in [0.5, 0.6) is 0 Å². The number of nitrogens with zero attached hydrogens (tertiary/aromatic N) is 1. The van der Waals surface area contributed by atoms with Gasteiger partial charge >= 0.3 is 0 Å². The van der Waals surface area contributed by atoms with Gasteiger partial charge in [0.05, 0.1) is 6.26 Å². The topological polar surface area (TPSA) is 76.5 Å². The maximum atomic E-state index is 12.2. The first kappa shape index (κ1) is 38.8. The molecular formula is C44H50IrNO4-. The number of rotatable bonds is 9. The number of pyridine rings is 1. The van der Waals surface area contributed by atoms with Crippen LogP contribution < -0.4 is 0 Å². The molecule has 0 amide bonds. The van der Waals surface area contributed by atoms with Crippen LogP contribution in [0, 0.1) is 16.9 Å². The van der Waals surface area contributed by atoms with Gasteiger partial charge in [-0.05, 0) is 67.5 Å². The Kier molecular flexibility index (Phi) is 12.0. The molecule has 6 rings (SSSR count). The van der Waals surface area contributed by atoms with Crippen LogP contribution in [-0.2, 0) is 30.3 Å². The van der Waals surface area contributed by atoms with E-state index in [1.165, 1.54) is 17.0 Å². The molecule has 0 saturated carbocycles. The van der Waals surface area contributed by atoms with Crippen LogP contribution in [0.2, 0.25) is 0 Å². The molecule has 265 valence electrons. The fourth-order valence-electron chi connectivity index (χ4n) is 6.10. The van der Waals surface area contributed by atoms with Crippen molar-refractivity contribution >= 4 is 38.5 Å². The maximum Gasteiger partial charge on any atom is 0.164 e. The van der Waals surface area contributed by atoms with Crippen LogP contribution in [0.1, 0.15) is 93.6 Å². The molecule has 0 saturated heterocycles. The molecule has 0 bridgehead atoms. The normalized spacial score (nSPS) is 12.5. The van der Waals surface area contributed by atoms with E-state index in [-0.39, 0.29) is 47.9 Å². The fourth-order valence-corrected chi connectivity index (χ4v) is 6.10. The Morgan fingerprint density at radius 3 is 2.16 bits per heavy atom. The number of aromatic nitrogens is 1. The minimum atomic E-state index is -0.337. The van der Waals surface area contributed by atoms with E-state index in [2.05, 4.69) is 69.3 Å². The van der Waals surface area contributed by atoms with Crippen LogP contribution in [0.15, 0.2) is 99.9 Å². The van der Waals surface area contributed by atoms with Gasteiger partial charge in [-0.3, -0.25) is 9.78 Å². The van der Waals surface area contributed by atoms with Crippen molar-refractivity contribution in [1.82, 2.24) is 4.98 Å². The smallest absolute Gasteiger partial charge is 0.164 e. The molecule has 0 unspecified atom stereocenters. The van der Waals surface area contributed by atoms with Crippen LogP contribution in [0.3, 0.4) is 0 Å². The fraction of sp³-hybridized carbons (Fsp3) is 0.364. The Bertz CT molecular complexity index is 2120. The number of hydrogen-bond donors (Lipinski definition) is 1. The van der Waals surface area contributed by atoms with Crippen molar-refractivity contribution in [3.05, 3.63) is 103 Å². The SMILES string of the molecule is CC(C)(C)c1cc(-c2nccc3oc(-c4ccc5occc5c4)cc23)[c-]c2ccccc12.CCC(C)(CC)C(=O)/C=C(\O)C(C)(CC)CC.[Ir]. The van der Waals surface area contributed by atoms with E-state index in [4.69, 9.17) is 13.8 Å². The van der Waals surface area contributed by atoms with Crippen molar-refractivity contribution in [2.24, 2.45) is 10.8 Å². The van der Waals surface area contributed by atoms with Gasteiger partial charge in [0, 0.05) is 65.2 Å². The maximum absolute atomic E-state index is 12.2. The standard InChI is InChI=1S/C29H22NO2.C15H28O2.Ir/c1-29(2,3)24-16-21(14-18-6-4-5-7-22(18)24)28-23-17-27(32-26(23)10-12-30-28)19-8-9-25-20(15-19)11-13-31-25;1-7-14(5,8-2)12(16)11-13(17)15(6,9-3)10-4;/h4-13,15-17H,1-3H3;11,16H,7-10H2,1-6H3;/q-1;;/b;12-11-;. The van der Waals surface area contributed by atoms with Crippen molar-refractivity contribution in [2.45, 2.75) is 93.4 Å². The summed E-state index contributed by atoms with van der Waals surface area (Å²) in [6, 6.07) is 26.3. The van der Waals surface area contributed by atoms with E-state index in [9.17, 15) is 9.90 Å². The predicted octanol–water partition coefficient (Wildman–Crippen LogP) is 12.8. The van der Waals surface area contributed by atoms with Crippen molar-refractivity contribution in [3.8, 4) is 22.6 Å². The summed E-state index contributed by atoms with van der Waals surface area (Å²) >= 11 is 0. The molecule has 1 N–H and O–H groups in total.